The summed E-state index contributed by atoms with van der Waals surface area (Å²) in [4.78, 5) is 0. The Morgan fingerprint density at radius 1 is 1.37 bits per heavy atom. The maximum absolute atomic E-state index is 13.8. The van der Waals surface area contributed by atoms with E-state index in [2.05, 4.69) is 29.5 Å². The number of benzene rings is 1. The molecule has 0 unspecified atom stereocenters. The molecule has 1 N–H and O–H groups in total. The summed E-state index contributed by atoms with van der Waals surface area (Å²) in [6.07, 6.45) is 1.75. The Hall–Kier alpha value is -1.75. The van der Waals surface area contributed by atoms with Crippen LogP contribution in [0.2, 0.25) is 0 Å². The predicted octanol–water partition coefficient (Wildman–Crippen LogP) is 2.46. The minimum atomic E-state index is -0.286. The zero-order valence-corrected chi connectivity index (χ0v) is 11.5. The lowest BCUT2D eigenvalue weighted by atomic mass is 10.2. The number of aromatic nitrogens is 3. The lowest BCUT2D eigenvalue weighted by molar-refractivity contribution is 0.548. The zero-order chi connectivity index (χ0) is 13.8. The first-order valence-corrected chi connectivity index (χ1v) is 6.44. The van der Waals surface area contributed by atoms with E-state index in [1.807, 2.05) is 13.0 Å². The van der Waals surface area contributed by atoms with Gasteiger partial charge >= 0.3 is 0 Å². The third kappa shape index (κ3) is 3.61. The molecule has 4 nitrogen and oxygen atoms in total. The van der Waals surface area contributed by atoms with Crippen LogP contribution in [-0.2, 0) is 6.54 Å². The van der Waals surface area contributed by atoms with Crippen LogP contribution in [0.3, 0.4) is 0 Å². The quantitative estimate of drug-likeness (QED) is 0.900. The Labute approximate surface area is 112 Å². The van der Waals surface area contributed by atoms with E-state index in [-0.39, 0.29) is 5.82 Å². The normalized spacial score (nSPS) is 11.2. The van der Waals surface area contributed by atoms with Crippen molar-refractivity contribution in [2.24, 2.45) is 5.92 Å². The molecule has 1 aromatic heterocycles. The number of nitrogens with zero attached hydrogens (tertiary/aromatic N) is 3. The van der Waals surface area contributed by atoms with E-state index in [1.54, 1.807) is 12.3 Å². The van der Waals surface area contributed by atoms with Crippen molar-refractivity contribution < 1.29 is 4.39 Å². The van der Waals surface area contributed by atoms with Gasteiger partial charge in [-0.15, -0.1) is 5.10 Å². The van der Waals surface area contributed by atoms with Crippen molar-refractivity contribution in [1.82, 2.24) is 20.3 Å². The zero-order valence-electron chi connectivity index (χ0n) is 11.5. The van der Waals surface area contributed by atoms with E-state index >= 15 is 0 Å². The minimum absolute atomic E-state index is 0.286. The van der Waals surface area contributed by atoms with Crippen molar-refractivity contribution in [2.75, 3.05) is 6.54 Å². The van der Waals surface area contributed by atoms with Gasteiger partial charge in [0.15, 0.2) is 0 Å². The van der Waals surface area contributed by atoms with Crippen LogP contribution in [0.1, 0.15) is 25.1 Å². The fourth-order valence-electron chi connectivity index (χ4n) is 1.78. The first kappa shape index (κ1) is 13.7. The van der Waals surface area contributed by atoms with Gasteiger partial charge in [0.05, 0.1) is 11.9 Å². The van der Waals surface area contributed by atoms with Gasteiger partial charge in [0.2, 0.25) is 0 Å². The molecule has 0 atom stereocenters. The highest BCUT2D eigenvalue weighted by atomic mass is 19.1. The van der Waals surface area contributed by atoms with Crippen LogP contribution in [0.5, 0.6) is 0 Å². The molecule has 0 aliphatic rings. The lowest BCUT2D eigenvalue weighted by Gasteiger charge is -2.04. The third-order valence-corrected chi connectivity index (χ3v) is 2.75. The van der Waals surface area contributed by atoms with Gasteiger partial charge in [0.25, 0.3) is 0 Å². The molecule has 2 rings (SSSR count). The highest BCUT2D eigenvalue weighted by molar-refractivity contribution is 5.35. The standard InChI is InChI=1S/C14H19FN4/c1-10(2)7-16-8-12-9-19(18-17-12)14-5-4-11(3)6-13(14)15/h4-6,9-10,16H,7-8H2,1-3H3. The third-order valence-electron chi connectivity index (χ3n) is 2.75. The largest absolute Gasteiger partial charge is 0.311 e. The van der Waals surface area contributed by atoms with Crippen molar-refractivity contribution in [3.8, 4) is 5.69 Å². The highest BCUT2D eigenvalue weighted by Crippen LogP contribution is 2.14. The van der Waals surface area contributed by atoms with Crippen LogP contribution in [-0.4, -0.2) is 21.5 Å². The Balaban J connectivity index is 2.08. The van der Waals surface area contributed by atoms with Crippen LogP contribution in [0.15, 0.2) is 24.4 Å². The number of halogens is 1. The maximum atomic E-state index is 13.8. The van der Waals surface area contributed by atoms with Gasteiger partial charge in [0.1, 0.15) is 11.5 Å². The van der Waals surface area contributed by atoms with Crippen LogP contribution in [0.25, 0.3) is 5.69 Å². The molecule has 0 aliphatic heterocycles. The van der Waals surface area contributed by atoms with Gasteiger partial charge in [-0.25, -0.2) is 9.07 Å². The molecule has 0 saturated heterocycles. The second-order valence-corrected chi connectivity index (χ2v) is 5.13. The number of nitrogens with one attached hydrogen (secondary N) is 1. The maximum Gasteiger partial charge on any atom is 0.149 e. The number of rotatable bonds is 5. The molecule has 1 heterocycles. The summed E-state index contributed by atoms with van der Waals surface area (Å²) >= 11 is 0. The summed E-state index contributed by atoms with van der Waals surface area (Å²) in [6.45, 7) is 7.71. The summed E-state index contributed by atoms with van der Waals surface area (Å²) < 4.78 is 15.3. The summed E-state index contributed by atoms with van der Waals surface area (Å²) in [7, 11) is 0. The van der Waals surface area contributed by atoms with Gasteiger partial charge in [-0.2, -0.15) is 0 Å². The van der Waals surface area contributed by atoms with Gasteiger partial charge in [0, 0.05) is 6.54 Å². The van der Waals surface area contributed by atoms with Gasteiger partial charge < -0.3 is 5.32 Å². The SMILES string of the molecule is Cc1ccc(-n2cc(CNCC(C)C)nn2)c(F)c1. The molecule has 5 heteroatoms. The van der Waals surface area contributed by atoms with Gasteiger partial charge in [-0.05, 0) is 37.1 Å². The monoisotopic (exact) mass is 262 g/mol. The summed E-state index contributed by atoms with van der Waals surface area (Å²) in [6, 6.07) is 5.06. The van der Waals surface area contributed by atoms with Crippen LogP contribution >= 0.6 is 0 Å². The average Bonchev–Trinajstić information content (AvgIpc) is 2.77. The Bertz CT molecular complexity index is 548. The molecule has 19 heavy (non-hydrogen) atoms. The fourth-order valence-corrected chi connectivity index (χ4v) is 1.78. The number of aryl methyl sites for hydroxylation is 1. The molecule has 2 aromatic rings. The molecule has 102 valence electrons. The molecule has 0 fully saturated rings. The van der Waals surface area contributed by atoms with Crippen molar-refractivity contribution in [2.45, 2.75) is 27.3 Å². The summed E-state index contributed by atoms with van der Waals surface area (Å²) in [5.41, 5.74) is 2.12. The predicted molar refractivity (Wildman–Crippen MR) is 72.6 cm³/mol. The van der Waals surface area contributed by atoms with E-state index in [9.17, 15) is 4.39 Å². The summed E-state index contributed by atoms with van der Waals surface area (Å²) in [5.74, 6) is 0.302. The van der Waals surface area contributed by atoms with Gasteiger partial charge in [-0.3, -0.25) is 0 Å². The Morgan fingerprint density at radius 2 is 2.16 bits per heavy atom. The molecule has 0 saturated carbocycles. The summed E-state index contributed by atoms with van der Waals surface area (Å²) in [5, 5.41) is 11.3. The van der Waals surface area contributed by atoms with E-state index in [1.165, 1.54) is 10.7 Å². The van der Waals surface area contributed by atoms with Crippen LogP contribution in [0, 0.1) is 18.7 Å². The van der Waals surface area contributed by atoms with Gasteiger partial charge in [-0.1, -0.05) is 25.1 Å². The lowest BCUT2D eigenvalue weighted by Crippen LogP contribution is -2.19. The molecule has 0 radical (unpaired) electrons. The molecule has 0 bridgehead atoms. The number of hydrogen-bond acceptors (Lipinski definition) is 3. The first-order valence-electron chi connectivity index (χ1n) is 6.44. The molecule has 0 amide bonds. The van der Waals surface area contributed by atoms with Crippen molar-refractivity contribution >= 4 is 0 Å². The fraction of sp³-hybridized carbons (Fsp3) is 0.429. The molecule has 0 aliphatic carbocycles. The van der Waals surface area contributed by atoms with Crippen LogP contribution < -0.4 is 5.32 Å². The molecule has 0 spiro atoms. The molecular weight excluding hydrogens is 243 g/mol. The minimum Gasteiger partial charge on any atom is -0.311 e. The average molecular weight is 262 g/mol. The Morgan fingerprint density at radius 3 is 2.84 bits per heavy atom. The van der Waals surface area contributed by atoms with E-state index in [0.717, 1.165) is 17.8 Å². The van der Waals surface area contributed by atoms with Crippen molar-refractivity contribution in [3.63, 3.8) is 0 Å². The Kier molecular flexibility index (Phi) is 4.27. The smallest absolute Gasteiger partial charge is 0.149 e. The van der Waals surface area contributed by atoms with Crippen molar-refractivity contribution in [3.05, 3.63) is 41.5 Å². The van der Waals surface area contributed by atoms with Crippen LogP contribution in [0.4, 0.5) is 4.39 Å². The highest BCUT2D eigenvalue weighted by Gasteiger charge is 2.07. The topological polar surface area (TPSA) is 42.7 Å². The second kappa shape index (κ2) is 5.93. The van der Waals surface area contributed by atoms with Crippen molar-refractivity contribution in [1.29, 1.82) is 0 Å². The molecular formula is C14H19FN4. The van der Waals surface area contributed by atoms with E-state index < -0.39 is 0 Å². The molecule has 1 aromatic carbocycles. The van der Waals surface area contributed by atoms with E-state index in [0.29, 0.717) is 18.2 Å². The van der Waals surface area contributed by atoms with E-state index in [4.69, 9.17) is 0 Å². The first-order chi connectivity index (χ1) is 9.06. The second-order valence-electron chi connectivity index (χ2n) is 5.13. The number of hydrogen-bond donors (Lipinski definition) is 1.